The topological polar surface area (TPSA) is 189 Å². The largest absolute Gasteiger partial charge is 0.507 e. The summed E-state index contributed by atoms with van der Waals surface area (Å²) in [7, 11) is -4.45. The zero-order valence-corrected chi connectivity index (χ0v) is 29.0. The molecular weight excluding hydrogens is 758 g/mol. The van der Waals surface area contributed by atoms with Crippen molar-refractivity contribution in [1.82, 2.24) is 29.9 Å². The molecule has 0 unspecified atom stereocenters. The van der Waals surface area contributed by atoms with Gasteiger partial charge in [-0.15, -0.1) is 0 Å². The van der Waals surface area contributed by atoms with Gasteiger partial charge in [0, 0.05) is 115 Å². The van der Waals surface area contributed by atoms with Crippen LogP contribution in [-0.4, -0.2) is 59.1 Å². The SMILES string of the molecule is O=C(O)c1cc(S(=O)(=O)O)ccc1O.[Ru].c1cncc(-c2cccnc2-c2cccnc2)c1.c1cncc(-c2cccnc2-c2cccnc2)c1. The van der Waals surface area contributed by atoms with E-state index in [9.17, 15) is 13.2 Å². The maximum absolute atomic E-state index is 10.6. The third-order valence-electron chi connectivity index (χ3n) is 6.93. The van der Waals surface area contributed by atoms with Gasteiger partial charge >= 0.3 is 5.97 Å². The Morgan fingerprint density at radius 3 is 1.29 bits per heavy atom. The van der Waals surface area contributed by atoms with E-state index < -0.39 is 32.3 Å². The molecule has 3 N–H and O–H groups in total. The maximum atomic E-state index is 10.6. The first-order chi connectivity index (χ1) is 24.2. The first kappa shape index (κ1) is 37.7. The molecule has 0 aliphatic heterocycles. The molecule has 51 heavy (non-hydrogen) atoms. The molecule has 12 nitrogen and oxygen atoms in total. The quantitative estimate of drug-likeness (QED) is 0.119. The fourth-order valence-corrected chi connectivity index (χ4v) is 5.14. The molecule has 0 fully saturated rings. The van der Waals surface area contributed by atoms with E-state index in [2.05, 4.69) is 29.9 Å². The molecule has 0 aliphatic rings. The van der Waals surface area contributed by atoms with Crippen molar-refractivity contribution in [2.24, 2.45) is 0 Å². The Bertz CT molecular complexity index is 2050. The summed E-state index contributed by atoms with van der Waals surface area (Å²) in [5, 5.41) is 17.5. The Morgan fingerprint density at radius 1 is 0.549 bits per heavy atom. The molecule has 0 aliphatic carbocycles. The van der Waals surface area contributed by atoms with Crippen LogP contribution < -0.4 is 0 Å². The zero-order chi connectivity index (χ0) is 35.3. The number of aromatic nitrogens is 6. The van der Waals surface area contributed by atoms with E-state index in [4.69, 9.17) is 14.8 Å². The number of hydrogen-bond acceptors (Lipinski definition) is 10. The van der Waals surface area contributed by atoms with Crippen molar-refractivity contribution < 1.29 is 47.5 Å². The smallest absolute Gasteiger partial charge is 0.339 e. The summed E-state index contributed by atoms with van der Waals surface area (Å²) in [6.45, 7) is 0. The number of phenols is 1. The predicted octanol–water partition coefficient (Wildman–Crippen LogP) is 6.75. The Hall–Kier alpha value is -6.08. The number of pyridine rings is 6. The summed E-state index contributed by atoms with van der Waals surface area (Å²) in [4.78, 5) is 35.4. The van der Waals surface area contributed by atoms with E-state index in [1.54, 1.807) is 37.2 Å². The molecule has 0 bridgehead atoms. The molecule has 256 valence electrons. The number of benzene rings is 1. The average Bonchev–Trinajstić information content (AvgIpc) is 3.16. The van der Waals surface area contributed by atoms with E-state index in [0.29, 0.717) is 6.07 Å². The van der Waals surface area contributed by atoms with E-state index in [-0.39, 0.29) is 19.5 Å². The van der Waals surface area contributed by atoms with Crippen molar-refractivity contribution in [3.8, 4) is 50.5 Å². The van der Waals surface area contributed by atoms with E-state index in [1.165, 1.54) is 0 Å². The second-order valence-corrected chi connectivity index (χ2v) is 11.6. The Balaban J connectivity index is 0.000000172. The monoisotopic (exact) mass is 786 g/mol. The Morgan fingerprint density at radius 2 is 0.941 bits per heavy atom. The summed E-state index contributed by atoms with van der Waals surface area (Å²) in [5.74, 6) is -2.04. The third kappa shape index (κ3) is 10.2. The summed E-state index contributed by atoms with van der Waals surface area (Å²) >= 11 is 0. The fraction of sp³-hybridized carbons (Fsp3) is 0. The van der Waals surface area contributed by atoms with E-state index >= 15 is 0 Å². The van der Waals surface area contributed by atoms with E-state index in [0.717, 1.165) is 56.9 Å². The number of aromatic hydroxyl groups is 1. The van der Waals surface area contributed by atoms with Crippen LogP contribution in [0.4, 0.5) is 0 Å². The molecule has 6 heterocycles. The molecule has 0 amide bonds. The van der Waals surface area contributed by atoms with Gasteiger partial charge in [-0.2, -0.15) is 8.42 Å². The molecule has 0 saturated carbocycles. The number of carboxylic acids is 1. The van der Waals surface area contributed by atoms with Gasteiger partial charge in [-0.05, 0) is 66.7 Å². The maximum Gasteiger partial charge on any atom is 0.339 e. The van der Waals surface area contributed by atoms with Crippen LogP contribution in [0.2, 0.25) is 0 Å². The second-order valence-electron chi connectivity index (χ2n) is 10.2. The fourth-order valence-electron chi connectivity index (χ4n) is 4.63. The molecule has 14 heteroatoms. The van der Waals surface area contributed by atoms with Crippen LogP contribution in [0.3, 0.4) is 0 Å². The van der Waals surface area contributed by atoms with Crippen LogP contribution in [0.15, 0.2) is 158 Å². The van der Waals surface area contributed by atoms with Gasteiger partial charge in [-0.25, -0.2) is 4.79 Å². The number of carbonyl (C=O) groups is 1. The molecule has 0 radical (unpaired) electrons. The van der Waals surface area contributed by atoms with Crippen LogP contribution in [0.25, 0.3) is 44.8 Å². The van der Waals surface area contributed by atoms with Crippen LogP contribution in [0, 0.1) is 0 Å². The minimum absolute atomic E-state index is 0. The van der Waals surface area contributed by atoms with Crippen LogP contribution >= 0.6 is 0 Å². The second kappa shape index (κ2) is 18.1. The van der Waals surface area contributed by atoms with Gasteiger partial charge in [0.2, 0.25) is 0 Å². The summed E-state index contributed by atoms with van der Waals surface area (Å²) < 4.78 is 29.8. The molecule has 0 saturated heterocycles. The number of hydrogen-bond donors (Lipinski definition) is 3. The normalized spacial score (nSPS) is 10.3. The number of carboxylic acid groups (broad SMARTS) is 1. The van der Waals surface area contributed by atoms with Crippen molar-refractivity contribution in [3.63, 3.8) is 0 Å². The Kier molecular flexibility index (Phi) is 13.4. The molecule has 1 aromatic carbocycles. The number of aromatic carboxylic acids is 1. The Labute approximate surface area is 306 Å². The van der Waals surface area contributed by atoms with Gasteiger partial charge in [0.15, 0.2) is 0 Å². The number of rotatable bonds is 6. The first-order valence-electron chi connectivity index (χ1n) is 14.8. The molecular formula is C37H28N6O6RuS. The van der Waals surface area contributed by atoms with Gasteiger partial charge in [0.25, 0.3) is 10.1 Å². The first-order valence-corrected chi connectivity index (χ1v) is 16.2. The average molecular weight is 786 g/mol. The summed E-state index contributed by atoms with van der Waals surface area (Å²) in [6, 6.07) is 26.2. The van der Waals surface area contributed by atoms with Crippen molar-refractivity contribution in [3.05, 3.63) is 159 Å². The van der Waals surface area contributed by atoms with Crippen molar-refractivity contribution in [2.75, 3.05) is 0 Å². The van der Waals surface area contributed by atoms with Crippen LogP contribution in [0.1, 0.15) is 10.4 Å². The molecule has 7 aromatic rings. The van der Waals surface area contributed by atoms with Crippen LogP contribution in [-0.2, 0) is 29.6 Å². The minimum Gasteiger partial charge on any atom is -0.507 e. The predicted molar refractivity (Wildman–Crippen MR) is 186 cm³/mol. The minimum atomic E-state index is -4.45. The zero-order valence-electron chi connectivity index (χ0n) is 26.4. The van der Waals surface area contributed by atoms with Gasteiger partial charge < -0.3 is 10.2 Å². The van der Waals surface area contributed by atoms with Gasteiger partial charge in [-0.3, -0.25) is 34.5 Å². The number of nitrogens with zero attached hydrogens (tertiary/aromatic N) is 6. The molecule has 0 spiro atoms. The van der Waals surface area contributed by atoms with Gasteiger partial charge in [0.1, 0.15) is 11.3 Å². The van der Waals surface area contributed by atoms with Crippen molar-refractivity contribution in [1.29, 1.82) is 0 Å². The van der Waals surface area contributed by atoms with Crippen LogP contribution in [0.5, 0.6) is 5.75 Å². The van der Waals surface area contributed by atoms with Gasteiger partial charge in [-0.1, -0.05) is 24.3 Å². The third-order valence-corrected chi connectivity index (χ3v) is 7.78. The standard InChI is InChI=1S/2C15H11N3.C7H6O6S.Ru/c2*1-4-12(10-16-7-1)14-6-3-9-18-15(14)13-5-2-8-17-11-13;8-6-2-1-4(14(11,12)13)3-5(6)7(9)10;/h2*1-11H;1-3,8H,(H,9,10)(H,11,12,13);. The van der Waals surface area contributed by atoms with E-state index in [1.807, 2.05) is 97.6 Å². The van der Waals surface area contributed by atoms with Gasteiger partial charge in [0.05, 0.1) is 16.3 Å². The summed E-state index contributed by atoms with van der Waals surface area (Å²) in [5.41, 5.74) is 7.55. The van der Waals surface area contributed by atoms with Crippen molar-refractivity contribution >= 4 is 16.1 Å². The molecule has 0 atom stereocenters. The molecule has 7 rings (SSSR count). The molecule has 6 aromatic heterocycles. The van der Waals surface area contributed by atoms with Crippen molar-refractivity contribution in [2.45, 2.75) is 4.90 Å². The summed E-state index contributed by atoms with van der Waals surface area (Å²) in [6.07, 6.45) is 18.0.